The number of anilines is 1. The van der Waals surface area contributed by atoms with Gasteiger partial charge in [-0.1, -0.05) is 30.3 Å². The zero-order chi connectivity index (χ0) is 20.4. The van der Waals surface area contributed by atoms with Crippen LogP contribution in [0.1, 0.15) is 21.5 Å². The molecule has 1 aromatic heterocycles. The van der Waals surface area contributed by atoms with E-state index in [9.17, 15) is 4.79 Å². The van der Waals surface area contributed by atoms with E-state index in [1.807, 2.05) is 66.3 Å². The Bertz CT molecular complexity index is 1050. The maximum Gasteiger partial charge on any atom is 0.182 e. The summed E-state index contributed by atoms with van der Waals surface area (Å²) in [7, 11) is 3.63. The monoisotopic (exact) mass is 405 g/mol. The largest absolute Gasteiger partial charge is 0.497 e. The predicted molar refractivity (Wildman–Crippen MR) is 119 cm³/mol. The molecule has 0 spiro atoms. The Balaban J connectivity index is 1.76. The second-order valence-electron chi connectivity index (χ2n) is 7.02. The number of nitrogens with two attached hydrogens (primary N) is 1. The number of benzodiazepines with no additional fused rings is 1. The number of carbonyl (C=O) groups is 1. The maximum absolute atomic E-state index is 12.9. The Kier molecular flexibility index (Phi) is 5.47. The molecule has 0 saturated heterocycles. The molecule has 2 aromatic carbocycles. The van der Waals surface area contributed by atoms with Crippen LogP contribution in [0, 0.1) is 0 Å². The number of benzene rings is 2. The molecule has 0 radical (unpaired) electrons. The molecule has 2 heterocycles. The summed E-state index contributed by atoms with van der Waals surface area (Å²) in [5.74, 6) is 0.724. The van der Waals surface area contributed by atoms with Crippen molar-refractivity contribution in [3.05, 3.63) is 82.0 Å². The molecule has 2 atom stereocenters. The van der Waals surface area contributed by atoms with Gasteiger partial charge in [0.15, 0.2) is 5.78 Å². The second-order valence-corrected chi connectivity index (χ2v) is 7.80. The fraction of sp³-hybridized carbons (Fsp3) is 0.217. The van der Waals surface area contributed by atoms with Crippen LogP contribution >= 0.6 is 11.3 Å². The average molecular weight is 406 g/mol. The van der Waals surface area contributed by atoms with Gasteiger partial charge in [0.25, 0.3) is 0 Å². The highest BCUT2D eigenvalue weighted by molar-refractivity contribution is 7.08. The fourth-order valence-electron chi connectivity index (χ4n) is 3.70. The van der Waals surface area contributed by atoms with Crippen molar-refractivity contribution in [2.75, 3.05) is 25.6 Å². The minimum Gasteiger partial charge on any atom is -0.497 e. The second kappa shape index (κ2) is 8.19. The van der Waals surface area contributed by atoms with Gasteiger partial charge in [0, 0.05) is 34.8 Å². The molecule has 0 saturated carbocycles. The number of ketones is 1. The van der Waals surface area contributed by atoms with Gasteiger partial charge in [-0.15, -0.1) is 0 Å². The van der Waals surface area contributed by atoms with Gasteiger partial charge in [-0.25, -0.2) is 0 Å². The minimum absolute atomic E-state index is 0.0550. The van der Waals surface area contributed by atoms with Gasteiger partial charge in [0.1, 0.15) is 5.75 Å². The summed E-state index contributed by atoms with van der Waals surface area (Å²) in [4.78, 5) is 19.9. The first-order chi connectivity index (χ1) is 14.1. The first-order valence-electron chi connectivity index (χ1n) is 9.43. The van der Waals surface area contributed by atoms with Crippen molar-refractivity contribution in [2.45, 2.75) is 12.1 Å². The van der Waals surface area contributed by atoms with Gasteiger partial charge in [-0.3, -0.25) is 9.79 Å². The third kappa shape index (κ3) is 3.69. The van der Waals surface area contributed by atoms with Crippen molar-refractivity contribution in [1.29, 1.82) is 0 Å². The van der Waals surface area contributed by atoms with Crippen LogP contribution in [-0.4, -0.2) is 44.3 Å². The van der Waals surface area contributed by atoms with Crippen LogP contribution in [0.3, 0.4) is 0 Å². The lowest BCUT2D eigenvalue weighted by Crippen LogP contribution is -2.52. The van der Waals surface area contributed by atoms with E-state index in [0.29, 0.717) is 12.1 Å². The van der Waals surface area contributed by atoms with Crippen molar-refractivity contribution in [2.24, 2.45) is 10.7 Å². The van der Waals surface area contributed by atoms with E-state index in [2.05, 4.69) is 11.0 Å². The van der Waals surface area contributed by atoms with E-state index in [4.69, 9.17) is 15.5 Å². The molecule has 4 rings (SSSR count). The third-order valence-electron chi connectivity index (χ3n) is 5.34. The van der Waals surface area contributed by atoms with Gasteiger partial charge in [-0.05, 0) is 29.6 Å². The molecular weight excluding hydrogens is 382 g/mol. The molecule has 3 aromatic rings. The number of fused-ring (bicyclic) bond motifs is 1. The number of thiophene rings is 1. The van der Waals surface area contributed by atoms with E-state index in [0.717, 1.165) is 28.3 Å². The van der Waals surface area contributed by atoms with Gasteiger partial charge in [-0.2, -0.15) is 11.3 Å². The summed E-state index contributed by atoms with van der Waals surface area (Å²) in [5.41, 5.74) is 11.0. The lowest BCUT2D eigenvalue weighted by Gasteiger charge is -2.32. The summed E-state index contributed by atoms with van der Waals surface area (Å²) >= 11 is 1.50. The Morgan fingerprint density at radius 3 is 2.83 bits per heavy atom. The number of hydrogen-bond donors (Lipinski definition) is 1. The van der Waals surface area contributed by atoms with Gasteiger partial charge >= 0.3 is 0 Å². The zero-order valence-electron chi connectivity index (χ0n) is 16.4. The van der Waals surface area contributed by atoms with Crippen molar-refractivity contribution in [3.63, 3.8) is 0 Å². The molecule has 1 aliphatic rings. The topological polar surface area (TPSA) is 67.9 Å². The summed E-state index contributed by atoms with van der Waals surface area (Å²) in [5, 5.41) is 3.74. The van der Waals surface area contributed by atoms with Crippen molar-refractivity contribution in [3.8, 4) is 5.75 Å². The van der Waals surface area contributed by atoms with Crippen LogP contribution in [0.4, 0.5) is 5.69 Å². The molecule has 0 bridgehead atoms. The van der Waals surface area contributed by atoms with Gasteiger partial charge < -0.3 is 15.4 Å². The Labute approximate surface area is 174 Å². The summed E-state index contributed by atoms with van der Waals surface area (Å²) in [6.07, 6.45) is 0. The minimum atomic E-state index is -0.670. The number of aliphatic imine (C=N–C) groups is 1. The highest BCUT2D eigenvalue weighted by Crippen LogP contribution is 2.29. The molecule has 0 aliphatic carbocycles. The highest BCUT2D eigenvalue weighted by Gasteiger charge is 2.32. The number of Topliss-reactive ketones (excluding diaryl/α,β-unsaturated/α-hetero) is 1. The molecule has 0 amide bonds. The van der Waals surface area contributed by atoms with E-state index in [1.165, 1.54) is 11.3 Å². The van der Waals surface area contributed by atoms with Crippen molar-refractivity contribution >= 4 is 28.5 Å². The maximum atomic E-state index is 12.9. The predicted octanol–water partition coefficient (Wildman–Crippen LogP) is 3.62. The Morgan fingerprint density at radius 1 is 1.24 bits per heavy atom. The molecule has 5 nitrogen and oxygen atoms in total. The van der Waals surface area contributed by atoms with Crippen LogP contribution in [0.15, 0.2) is 70.3 Å². The SMILES string of the molecule is COc1cccc(C2=NCC(C(N)C(=O)c3ccsc3)N(C)c3ccccc32)c1. The number of ether oxygens (including phenoxy) is 1. The van der Waals surface area contributed by atoms with Gasteiger partial charge in [0.2, 0.25) is 0 Å². The highest BCUT2D eigenvalue weighted by atomic mass is 32.1. The molecule has 1 aliphatic heterocycles. The van der Waals surface area contributed by atoms with Crippen molar-refractivity contribution < 1.29 is 9.53 Å². The molecule has 29 heavy (non-hydrogen) atoms. The summed E-state index contributed by atoms with van der Waals surface area (Å²) in [6.45, 7) is 0.425. The Morgan fingerprint density at radius 2 is 2.07 bits per heavy atom. The fourth-order valence-corrected chi connectivity index (χ4v) is 4.34. The standard InChI is InChI=1S/C23H23N3O2S/c1-26-19-9-4-3-8-18(19)22(15-6-5-7-17(12-15)28-2)25-13-20(26)21(24)23(27)16-10-11-29-14-16/h3-12,14,20-21H,13,24H2,1-2H3. The number of methoxy groups -OCH3 is 1. The number of likely N-dealkylation sites (N-methyl/N-ethyl adjacent to an activating group) is 1. The molecule has 0 fully saturated rings. The zero-order valence-corrected chi connectivity index (χ0v) is 17.2. The quantitative estimate of drug-likeness (QED) is 0.659. The molecule has 6 heteroatoms. The van der Waals surface area contributed by atoms with Crippen LogP contribution in [0.2, 0.25) is 0 Å². The smallest absolute Gasteiger partial charge is 0.182 e. The molecular formula is C23H23N3O2S. The lowest BCUT2D eigenvalue weighted by molar-refractivity contribution is 0.0950. The number of para-hydroxylation sites is 1. The molecule has 148 valence electrons. The first-order valence-corrected chi connectivity index (χ1v) is 10.4. The summed E-state index contributed by atoms with van der Waals surface area (Å²) < 4.78 is 5.39. The molecule has 2 unspecified atom stereocenters. The summed E-state index contributed by atoms with van der Waals surface area (Å²) in [6, 6.07) is 16.9. The third-order valence-corrected chi connectivity index (χ3v) is 6.02. The van der Waals surface area contributed by atoms with Crippen molar-refractivity contribution in [1.82, 2.24) is 0 Å². The lowest BCUT2D eigenvalue weighted by atomic mass is 9.98. The molecule has 2 N–H and O–H groups in total. The normalized spacial score (nSPS) is 17.1. The Hall–Kier alpha value is -2.96. The average Bonchev–Trinajstić information content (AvgIpc) is 3.26. The van der Waals surface area contributed by atoms with Gasteiger partial charge in [0.05, 0.1) is 31.4 Å². The van der Waals surface area contributed by atoms with E-state index >= 15 is 0 Å². The van der Waals surface area contributed by atoms with Crippen LogP contribution in [0.25, 0.3) is 0 Å². The van der Waals surface area contributed by atoms with E-state index in [1.54, 1.807) is 7.11 Å². The van der Waals surface area contributed by atoms with Crippen LogP contribution in [0.5, 0.6) is 5.75 Å². The van der Waals surface area contributed by atoms with Crippen LogP contribution in [-0.2, 0) is 0 Å². The van der Waals surface area contributed by atoms with E-state index < -0.39 is 6.04 Å². The first kappa shape index (κ1) is 19.4. The number of carbonyl (C=O) groups excluding carboxylic acids is 1. The van der Waals surface area contributed by atoms with E-state index in [-0.39, 0.29) is 11.8 Å². The number of rotatable bonds is 5. The number of hydrogen-bond acceptors (Lipinski definition) is 6. The number of nitrogens with zero attached hydrogens (tertiary/aromatic N) is 2. The van der Waals surface area contributed by atoms with Crippen LogP contribution < -0.4 is 15.4 Å².